The van der Waals surface area contributed by atoms with Crippen molar-refractivity contribution in [3.63, 3.8) is 0 Å². The normalized spacial score (nSPS) is 16.8. The van der Waals surface area contributed by atoms with Gasteiger partial charge >= 0.3 is 0 Å². The van der Waals surface area contributed by atoms with Gasteiger partial charge in [0.1, 0.15) is 0 Å². The number of hydrogen-bond donors (Lipinski definition) is 1. The summed E-state index contributed by atoms with van der Waals surface area (Å²) in [5, 5.41) is 5.88. The highest BCUT2D eigenvalue weighted by molar-refractivity contribution is 5.78. The highest BCUT2D eigenvalue weighted by atomic mass is 15.3. The van der Waals surface area contributed by atoms with E-state index in [9.17, 15) is 0 Å². The lowest BCUT2D eigenvalue weighted by Gasteiger charge is -2.10. The maximum Gasteiger partial charge on any atom is 0.158 e. The van der Waals surface area contributed by atoms with E-state index in [1.807, 2.05) is 6.20 Å². The summed E-state index contributed by atoms with van der Waals surface area (Å²) >= 11 is 0. The largest absolute Gasteiger partial charge is 0.330 e. The van der Waals surface area contributed by atoms with Crippen LogP contribution in [0.2, 0.25) is 0 Å². The Balaban J connectivity index is 2.06. The van der Waals surface area contributed by atoms with Crippen LogP contribution in [0.4, 0.5) is 0 Å². The Morgan fingerprint density at radius 1 is 1.39 bits per heavy atom. The maximum absolute atomic E-state index is 5.60. The third-order valence-electron chi connectivity index (χ3n) is 3.89. The summed E-state index contributed by atoms with van der Waals surface area (Å²) in [6, 6.07) is 2.75. The first-order chi connectivity index (χ1) is 8.79. The second kappa shape index (κ2) is 4.69. The molecule has 4 nitrogen and oxygen atoms in total. The Morgan fingerprint density at radius 3 is 2.89 bits per heavy atom. The molecule has 1 aliphatic carbocycles. The molecule has 0 aliphatic heterocycles. The quantitative estimate of drug-likeness (QED) is 0.901. The predicted octanol–water partition coefficient (Wildman–Crippen LogP) is 2.36. The Labute approximate surface area is 107 Å². The number of aromatic nitrogens is 3. The summed E-state index contributed by atoms with van der Waals surface area (Å²) in [5.74, 6) is 0. The molecule has 18 heavy (non-hydrogen) atoms. The number of nitrogens with zero attached hydrogens (tertiary/aromatic N) is 3. The standard InChI is InChI=1S/C14H20N4/c1-10-13-8-11(6-7-15)9-16-14(13)18(17-10)12-4-2-3-5-12/h8-9,12H,2-7,15H2,1H3. The molecule has 2 heterocycles. The summed E-state index contributed by atoms with van der Waals surface area (Å²) in [5.41, 5.74) is 8.93. The molecule has 0 unspecified atom stereocenters. The van der Waals surface area contributed by atoms with E-state index in [1.54, 1.807) is 0 Å². The number of hydrogen-bond acceptors (Lipinski definition) is 3. The molecule has 1 saturated carbocycles. The van der Waals surface area contributed by atoms with Gasteiger partial charge < -0.3 is 5.73 Å². The molecular weight excluding hydrogens is 224 g/mol. The van der Waals surface area contributed by atoms with Crippen molar-refractivity contribution < 1.29 is 0 Å². The molecule has 4 heteroatoms. The molecule has 1 aliphatic rings. The van der Waals surface area contributed by atoms with Crippen LogP contribution < -0.4 is 5.73 Å². The van der Waals surface area contributed by atoms with Crippen molar-refractivity contribution in [1.29, 1.82) is 0 Å². The topological polar surface area (TPSA) is 56.7 Å². The molecule has 0 atom stereocenters. The molecular formula is C14H20N4. The lowest BCUT2D eigenvalue weighted by molar-refractivity contribution is 0.476. The number of nitrogens with two attached hydrogens (primary N) is 1. The van der Waals surface area contributed by atoms with Gasteiger partial charge in [0.15, 0.2) is 5.65 Å². The van der Waals surface area contributed by atoms with Gasteiger partial charge in [0.25, 0.3) is 0 Å². The van der Waals surface area contributed by atoms with Crippen LogP contribution in [-0.2, 0) is 6.42 Å². The van der Waals surface area contributed by atoms with Gasteiger partial charge in [-0.25, -0.2) is 9.67 Å². The lowest BCUT2D eigenvalue weighted by Crippen LogP contribution is -2.07. The Hall–Kier alpha value is -1.42. The lowest BCUT2D eigenvalue weighted by atomic mass is 10.1. The zero-order valence-corrected chi connectivity index (χ0v) is 10.9. The van der Waals surface area contributed by atoms with E-state index in [2.05, 4.69) is 22.7 Å². The van der Waals surface area contributed by atoms with E-state index in [1.165, 1.54) is 36.6 Å². The molecule has 0 spiro atoms. The van der Waals surface area contributed by atoms with Crippen LogP contribution in [0, 0.1) is 6.92 Å². The first-order valence-corrected chi connectivity index (χ1v) is 6.83. The van der Waals surface area contributed by atoms with Crippen molar-refractivity contribution in [2.75, 3.05) is 6.54 Å². The minimum absolute atomic E-state index is 0.550. The molecule has 2 N–H and O–H groups in total. The van der Waals surface area contributed by atoms with Crippen LogP contribution in [0.5, 0.6) is 0 Å². The van der Waals surface area contributed by atoms with Gasteiger partial charge in [-0.2, -0.15) is 5.10 Å². The van der Waals surface area contributed by atoms with Gasteiger partial charge in [-0.05, 0) is 44.4 Å². The zero-order chi connectivity index (χ0) is 12.5. The van der Waals surface area contributed by atoms with Gasteiger partial charge in [-0.1, -0.05) is 12.8 Å². The van der Waals surface area contributed by atoms with Gasteiger partial charge in [-0.15, -0.1) is 0 Å². The molecule has 0 amide bonds. The highest BCUT2D eigenvalue weighted by Gasteiger charge is 2.21. The second-order valence-corrected chi connectivity index (χ2v) is 5.22. The summed E-state index contributed by atoms with van der Waals surface area (Å²) in [6.07, 6.45) is 7.94. The van der Waals surface area contributed by atoms with E-state index in [0.717, 1.165) is 17.8 Å². The molecule has 96 valence electrons. The van der Waals surface area contributed by atoms with Crippen molar-refractivity contribution in [2.24, 2.45) is 5.73 Å². The SMILES string of the molecule is Cc1nn(C2CCCC2)c2ncc(CCN)cc12. The van der Waals surface area contributed by atoms with E-state index in [0.29, 0.717) is 12.6 Å². The average molecular weight is 244 g/mol. The molecule has 2 aromatic rings. The Kier molecular flexibility index (Phi) is 3.04. The molecule has 0 saturated heterocycles. The fourth-order valence-electron chi connectivity index (χ4n) is 2.92. The first-order valence-electron chi connectivity index (χ1n) is 6.83. The van der Waals surface area contributed by atoms with E-state index < -0.39 is 0 Å². The minimum atomic E-state index is 0.550. The fourth-order valence-corrected chi connectivity index (χ4v) is 2.92. The summed E-state index contributed by atoms with van der Waals surface area (Å²) < 4.78 is 2.14. The van der Waals surface area contributed by atoms with Crippen LogP contribution >= 0.6 is 0 Å². The number of fused-ring (bicyclic) bond motifs is 1. The zero-order valence-electron chi connectivity index (χ0n) is 10.9. The van der Waals surface area contributed by atoms with Crippen molar-refractivity contribution in [3.8, 4) is 0 Å². The van der Waals surface area contributed by atoms with Crippen molar-refractivity contribution in [3.05, 3.63) is 23.5 Å². The van der Waals surface area contributed by atoms with Crippen LogP contribution in [0.3, 0.4) is 0 Å². The van der Waals surface area contributed by atoms with E-state index in [4.69, 9.17) is 10.8 Å². The average Bonchev–Trinajstić information content (AvgIpc) is 2.98. The minimum Gasteiger partial charge on any atom is -0.330 e. The van der Waals surface area contributed by atoms with Gasteiger partial charge in [-0.3, -0.25) is 0 Å². The van der Waals surface area contributed by atoms with Crippen molar-refractivity contribution in [2.45, 2.75) is 45.1 Å². The Bertz CT molecular complexity index is 552. The maximum atomic E-state index is 5.60. The number of pyridine rings is 1. The van der Waals surface area contributed by atoms with Crippen LogP contribution in [0.1, 0.15) is 43.0 Å². The van der Waals surface area contributed by atoms with Crippen LogP contribution in [-0.4, -0.2) is 21.3 Å². The summed E-state index contributed by atoms with van der Waals surface area (Å²) in [4.78, 5) is 4.61. The number of rotatable bonds is 3. The molecule has 0 bridgehead atoms. The van der Waals surface area contributed by atoms with Gasteiger partial charge in [0.2, 0.25) is 0 Å². The predicted molar refractivity (Wildman–Crippen MR) is 72.5 cm³/mol. The number of aryl methyl sites for hydroxylation is 1. The molecule has 0 radical (unpaired) electrons. The van der Waals surface area contributed by atoms with Gasteiger partial charge in [0, 0.05) is 11.6 Å². The smallest absolute Gasteiger partial charge is 0.158 e. The highest BCUT2D eigenvalue weighted by Crippen LogP contribution is 2.32. The summed E-state index contributed by atoms with van der Waals surface area (Å²) in [6.45, 7) is 2.74. The molecule has 3 rings (SSSR count). The summed E-state index contributed by atoms with van der Waals surface area (Å²) in [7, 11) is 0. The van der Waals surface area contributed by atoms with E-state index in [-0.39, 0.29) is 0 Å². The second-order valence-electron chi connectivity index (χ2n) is 5.22. The van der Waals surface area contributed by atoms with Crippen LogP contribution in [0.15, 0.2) is 12.3 Å². The Morgan fingerprint density at radius 2 is 2.17 bits per heavy atom. The van der Waals surface area contributed by atoms with Crippen molar-refractivity contribution >= 4 is 11.0 Å². The molecule has 1 fully saturated rings. The third kappa shape index (κ3) is 1.90. The van der Waals surface area contributed by atoms with Gasteiger partial charge in [0.05, 0.1) is 11.7 Å². The molecule has 0 aromatic carbocycles. The van der Waals surface area contributed by atoms with Crippen molar-refractivity contribution in [1.82, 2.24) is 14.8 Å². The third-order valence-corrected chi connectivity index (χ3v) is 3.89. The fraction of sp³-hybridized carbons (Fsp3) is 0.571. The van der Waals surface area contributed by atoms with Crippen LogP contribution in [0.25, 0.3) is 11.0 Å². The van der Waals surface area contributed by atoms with E-state index >= 15 is 0 Å². The monoisotopic (exact) mass is 244 g/mol. The molecule has 2 aromatic heterocycles. The first kappa shape index (κ1) is 11.7.